The molecule has 1 aliphatic carbocycles. The molecule has 0 saturated heterocycles. The van der Waals surface area contributed by atoms with Crippen LogP contribution in [0.1, 0.15) is 35.2 Å². The molecule has 0 unspecified atom stereocenters. The van der Waals surface area contributed by atoms with Crippen LogP contribution in [0, 0.1) is 20.3 Å². The van der Waals surface area contributed by atoms with Gasteiger partial charge < -0.3 is 0 Å². The van der Waals surface area contributed by atoms with Gasteiger partial charge >= 0.3 is 18.9 Å². The van der Waals surface area contributed by atoms with Crippen molar-refractivity contribution < 1.29 is 18.9 Å². The van der Waals surface area contributed by atoms with Crippen LogP contribution in [0.4, 0.5) is 0 Å². The van der Waals surface area contributed by atoms with E-state index in [1.807, 2.05) is 6.20 Å². The minimum absolute atomic E-state index is 0. The third kappa shape index (κ3) is 1.93. The maximum atomic E-state index is 4.42. The van der Waals surface area contributed by atoms with Gasteiger partial charge in [-0.1, -0.05) is 25.5 Å². The summed E-state index contributed by atoms with van der Waals surface area (Å²) in [6.07, 6.45) is 7.94. The number of aromatic nitrogens is 1. The molecule has 0 radical (unpaired) electrons. The predicted molar refractivity (Wildman–Crippen MR) is 50.1 cm³/mol. The van der Waals surface area contributed by atoms with Crippen LogP contribution in [0.5, 0.6) is 0 Å². The fourth-order valence-corrected chi connectivity index (χ4v) is 1.78. The van der Waals surface area contributed by atoms with Crippen molar-refractivity contribution in [1.29, 1.82) is 0 Å². The van der Waals surface area contributed by atoms with Crippen molar-refractivity contribution in [3.05, 3.63) is 35.0 Å². The third-order valence-electron chi connectivity index (χ3n) is 2.72. The predicted octanol–water partition coefficient (Wildman–Crippen LogP) is -0.409. The molecule has 0 atom stereocenters. The smallest absolute Gasteiger partial charge is 0.295 e. The van der Waals surface area contributed by atoms with Crippen LogP contribution in [0.2, 0.25) is 0 Å². The summed E-state index contributed by atoms with van der Waals surface area (Å²) >= 11 is 0. The molecule has 0 aromatic carbocycles. The topological polar surface area (TPSA) is 12.9 Å². The Morgan fingerprint density at radius 1 is 1.38 bits per heavy atom. The number of nitrogens with zero attached hydrogens (tertiary/aromatic N) is 1. The monoisotopic (exact) mass is 167 g/mol. The molecule has 0 amide bonds. The van der Waals surface area contributed by atoms with Gasteiger partial charge in [0.05, 0.1) is 0 Å². The van der Waals surface area contributed by atoms with Crippen molar-refractivity contribution in [3.8, 4) is 0 Å². The zero-order valence-corrected chi connectivity index (χ0v) is 8.72. The van der Waals surface area contributed by atoms with Crippen LogP contribution < -0.4 is 18.9 Å². The van der Waals surface area contributed by atoms with Gasteiger partial charge in [0, 0.05) is 6.20 Å². The Balaban J connectivity index is 0.000000845. The van der Waals surface area contributed by atoms with Crippen molar-refractivity contribution in [1.82, 2.24) is 4.98 Å². The van der Waals surface area contributed by atoms with Gasteiger partial charge in [0.15, 0.2) is 0 Å². The molecular formula is C11H14LiN. The van der Waals surface area contributed by atoms with Crippen molar-refractivity contribution >= 4 is 0 Å². The summed E-state index contributed by atoms with van der Waals surface area (Å²) in [5.74, 6) is 0. The van der Waals surface area contributed by atoms with Gasteiger partial charge in [0.1, 0.15) is 0 Å². The van der Waals surface area contributed by atoms with E-state index in [1.54, 1.807) is 0 Å². The zero-order valence-electron chi connectivity index (χ0n) is 8.72. The van der Waals surface area contributed by atoms with E-state index >= 15 is 0 Å². The van der Waals surface area contributed by atoms with E-state index in [0.29, 0.717) is 0 Å². The van der Waals surface area contributed by atoms with E-state index in [0.717, 1.165) is 0 Å². The molecule has 2 rings (SSSR count). The van der Waals surface area contributed by atoms with Crippen LogP contribution in [-0.4, -0.2) is 4.98 Å². The minimum Gasteiger partial charge on any atom is -0.295 e. The number of hydrogen-bond acceptors (Lipinski definition) is 1. The number of hydrogen-bond donors (Lipinski definition) is 0. The van der Waals surface area contributed by atoms with Gasteiger partial charge in [-0.25, -0.2) is 6.42 Å². The van der Waals surface area contributed by atoms with Crippen LogP contribution in [-0.2, 0) is 6.42 Å². The molecule has 1 aliphatic rings. The second kappa shape index (κ2) is 4.22. The molecule has 0 N–H and O–H groups in total. The summed E-state index contributed by atoms with van der Waals surface area (Å²) in [4.78, 5) is 4.42. The normalized spacial score (nSPS) is 14.0. The average molecular weight is 167 g/mol. The van der Waals surface area contributed by atoms with E-state index in [9.17, 15) is 0 Å². The van der Waals surface area contributed by atoms with Crippen LogP contribution in [0.15, 0.2) is 6.20 Å². The van der Waals surface area contributed by atoms with Crippen LogP contribution in [0.3, 0.4) is 0 Å². The molecule has 0 fully saturated rings. The minimum atomic E-state index is 0. The van der Waals surface area contributed by atoms with E-state index in [-0.39, 0.29) is 18.9 Å². The summed E-state index contributed by atoms with van der Waals surface area (Å²) in [7, 11) is 0. The fourth-order valence-electron chi connectivity index (χ4n) is 1.78. The molecule has 1 heterocycles. The SMILES string of the molecule is Cc1cnc2c(c1C)CCC[CH-]2.[Li+]. The Labute approximate surface area is 92.1 Å². The van der Waals surface area contributed by atoms with Crippen molar-refractivity contribution in [2.75, 3.05) is 0 Å². The summed E-state index contributed by atoms with van der Waals surface area (Å²) in [5, 5.41) is 0. The molecular weight excluding hydrogens is 153 g/mol. The first-order valence-electron chi connectivity index (χ1n) is 4.57. The molecule has 0 saturated carbocycles. The van der Waals surface area contributed by atoms with Gasteiger partial charge in [0.25, 0.3) is 0 Å². The summed E-state index contributed by atoms with van der Waals surface area (Å²) in [6, 6.07) is 0. The van der Waals surface area contributed by atoms with E-state index < -0.39 is 0 Å². The van der Waals surface area contributed by atoms with Crippen LogP contribution >= 0.6 is 0 Å². The largest absolute Gasteiger partial charge is 1.00 e. The second-order valence-corrected chi connectivity index (χ2v) is 3.53. The Kier molecular flexibility index (Phi) is 3.47. The second-order valence-electron chi connectivity index (χ2n) is 3.53. The van der Waals surface area contributed by atoms with Gasteiger partial charge in [-0.3, -0.25) is 4.98 Å². The quantitative estimate of drug-likeness (QED) is 0.378. The van der Waals surface area contributed by atoms with Crippen molar-refractivity contribution in [3.63, 3.8) is 0 Å². The number of aryl methyl sites for hydroxylation is 1. The summed E-state index contributed by atoms with van der Waals surface area (Å²) in [5.41, 5.74) is 5.46. The summed E-state index contributed by atoms with van der Waals surface area (Å²) in [6.45, 7) is 4.34. The standard InChI is InChI=1S/C11H14N.Li/c1-8-7-12-11-6-4-3-5-10(11)9(8)2;/h6-7H,3-5H2,1-2H3;/q-1;+1. The molecule has 0 bridgehead atoms. The van der Waals surface area contributed by atoms with Crippen molar-refractivity contribution in [2.45, 2.75) is 33.1 Å². The average Bonchev–Trinajstić information content (AvgIpc) is 2.12. The Morgan fingerprint density at radius 2 is 2.15 bits per heavy atom. The Bertz CT molecular complexity index is 307. The van der Waals surface area contributed by atoms with Gasteiger partial charge in [-0.2, -0.15) is 5.56 Å². The third-order valence-corrected chi connectivity index (χ3v) is 2.72. The Hall–Kier alpha value is -0.383. The molecule has 1 aromatic heterocycles. The molecule has 2 heteroatoms. The fraction of sp³-hybridized carbons (Fsp3) is 0.455. The van der Waals surface area contributed by atoms with E-state index in [4.69, 9.17) is 0 Å². The van der Waals surface area contributed by atoms with Crippen LogP contribution in [0.25, 0.3) is 0 Å². The van der Waals surface area contributed by atoms with E-state index in [1.165, 1.54) is 41.6 Å². The molecule has 1 aromatic rings. The Morgan fingerprint density at radius 3 is 2.92 bits per heavy atom. The number of rotatable bonds is 0. The molecule has 1 nitrogen and oxygen atoms in total. The first-order chi connectivity index (χ1) is 5.79. The molecule has 0 aliphatic heterocycles. The molecule has 0 spiro atoms. The maximum Gasteiger partial charge on any atom is 1.00 e. The molecule has 13 heavy (non-hydrogen) atoms. The number of fused-ring (bicyclic) bond motifs is 1. The molecule has 64 valence electrons. The maximum absolute atomic E-state index is 4.42. The summed E-state index contributed by atoms with van der Waals surface area (Å²) < 4.78 is 0. The van der Waals surface area contributed by atoms with Crippen molar-refractivity contribution in [2.24, 2.45) is 0 Å². The van der Waals surface area contributed by atoms with Gasteiger partial charge in [-0.05, 0) is 12.5 Å². The van der Waals surface area contributed by atoms with Gasteiger partial charge in [0.2, 0.25) is 0 Å². The number of pyridine rings is 1. The zero-order chi connectivity index (χ0) is 8.55. The first-order valence-corrected chi connectivity index (χ1v) is 4.57. The first kappa shape index (κ1) is 10.7. The van der Waals surface area contributed by atoms with E-state index in [2.05, 4.69) is 25.3 Å². The van der Waals surface area contributed by atoms with Gasteiger partial charge in [-0.15, -0.1) is 12.0 Å².